The van der Waals surface area contributed by atoms with Gasteiger partial charge in [-0.15, -0.1) is 0 Å². The third kappa shape index (κ3) is 4.75. The lowest BCUT2D eigenvalue weighted by Gasteiger charge is -2.10. The van der Waals surface area contributed by atoms with Crippen LogP contribution in [-0.2, 0) is 16.1 Å². The number of thioether (sulfide) groups is 1. The Hall–Kier alpha value is -1.99. The number of hydrogen-bond acceptors (Lipinski definition) is 5. The van der Waals surface area contributed by atoms with Gasteiger partial charge in [-0.3, -0.25) is 4.79 Å². The highest BCUT2D eigenvalue weighted by atomic mass is 32.2. The van der Waals surface area contributed by atoms with Gasteiger partial charge in [0.15, 0.2) is 5.16 Å². The number of methoxy groups -OCH3 is 2. The molecule has 24 heavy (non-hydrogen) atoms. The molecule has 0 radical (unpaired) electrons. The van der Waals surface area contributed by atoms with Crippen molar-refractivity contribution in [3.8, 4) is 5.75 Å². The van der Waals surface area contributed by atoms with Crippen LogP contribution in [-0.4, -0.2) is 42.0 Å². The summed E-state index contributed by atoms with van der Waals surface area (Å²) < 4.78 is 12.4. The summed E-state index contributed by atoms with van der Waals surface area (Å²) in [5.41, 5.74) is 2.79. The minimum absolute atomic E-state index is 0.0788. The average Bonchev–Trinajstić information content (AvgIpc) is 2.85. The third-order valence-corrected chi connectivity index (χ3v) is 4.60. The summed E-state index contributed by atoms with van der Waals surface area (Å²) >= 11 is 1.42. The van der Waals surface area contributed by atoms with E-state index in [1.165, 1.54) is 11.8 Å². The lowest BCUT2D eigenvalue weighted by atomic mass is 10.3. The lowest BCUT2D eigenvalue weighted by Crippen LogP contribution is -2.15. The molecule has 1 heterocycles. The van der Waals surface area contributed by atoms with E-state index < -0.39 is 0 Å². The van der Waals surface area contributed by atoms with E-state index in [0.717, 1.165) is 28.8 Å². The largest absolute Gasteiger partial charge is 0.497 e. The van der Waals surface area contributed by atoms with Crippen LogP contribution in [0.5, 0.6) is 5.75 Å². The van der Waals surface area contributed by atoms with Crippen LogP contribution in [0.25, 0.3) is 0 Å². The fourth-order valence-electron chi connectivity index (χ4n) is 2.21. The zero-order valence-corrected chi connectivity index (χ0v) is 15.3. The highest BCUT2D eigenvalue weighted by Gasteiger charge is 2.13. The van der Waals surface area contributed by atoms with Crippen LogP contribution in [0.15, 0.2) is 29.4 Å². The fraction of sp³-hybridized carbons (Fsp3) is 0.412. The number of nitrogens with zero attached hydrogens (tertiary/aromatic N) is 2. The van der Waals surface area contributed by atoms with Crippen LogP contribution >= 0.6 is 11.8 Å². The van der Waals surface area contributed by atoms with Gasteiger partial charge in [-0.05, 0) is 26.0 Å². The standard InChI is InChI=1S/C17H23N3O3S/c1-12-13(2)20(8-9-22-3)17(18-12)24-11-16(21)19-14-6-5-7-15(10-14)23-4/h5-7,10H,8-9,11H2,1-4H3,(H,19,21). The van der Waals surface area contributed by atoms with E-state index in [9.17, 15) is 4.79 Å². The highest BCUT2D eigenvalue weighted by molar-refractivity contribution is 7.99. The van der Waals surface area contributed by atoms with Gasteiger partial charge in [0.25, 0.3) is 0 Å². The molecule has 0 bridgehead atoms. The molecule has 1 aromatic heterocycles. The SMILES string of the molecule is COCCn1c(SCC(=O)Nc2cccc(OC)c2)nc(C)c1C. The summed E-state index contributed by atoms with van der Waals surface area (Å²) in [7, 11) is 3.27. The highest BCUT2D eigenvalue weighted by Crippen LogP contribution is 2.22. The Labute approximate surface area is 146 Å². The Morgan fingerprint density at radius 2 is 2.12 bits per heavy atom. The van der Waals surface area contributed by atoms with Crippen LogP contribution in [0.2, 0.25) is 0 Å². The number of carbonyl (C=O) groups excluding carboxylic acids is 1. The van der Waals surface area contributed by atoms with Gasteiger partial charge in [-0.2, -0.15) is 0 Å². The smallest absolute Gasteiger partial charge is 0.234 e. The van der Waals surface area contributed by atoms with Crippen molar-refractivity contribution in [1.82, 2.24) is 9.55 Å². The van der Waals surface area contributed by atoms with Gasteiger partial charge < -0.3 is 19.4 Å². The van der Waals surface area contributed by atoms with Gasteiger partial charge in [0, 0.05) is 31.1 Å². The number of rotatable bonds is 8. The number of nitrogens with one attached hydrogen (secondary N) is 1. The summed E-state index contributed by atoms with van der Waals surface area (Å²) in [6.45, 7) is 5.33. The number of amides is 1. The van der Waals surface area contributed by atoms with E-state index in [0.29, 0.717) is 18.1 Å². The molecular formula is C17H23N3O3S. The number of ether oxygens (including phenoxy) is 2. The number of imidazole rings is 1. The van der Waals surface area contributed by atoms with Crippen molar-refractivity contribution in [3.05, 3.63) is 35.7 Å². The first kappa shape index (κ1) is 18.4. The molecule has 2 rings (SSSR count). The van der Waals surface area contributed by atoms with Gasteiger partial charge >= 0.3 is 0 Å². The van der Waals surface area contributed by atoms with Crippen LogP contribution < -0.4 is 10.1 Å². The predicted molar refractivity (Wildman–Crippen MR) is 95.9 cm³/mol. The molecule has 0 saturated carbocycles. The molecule has 130 valence electrons. The monoisotopic (exact) mass is 349 g/mol. The van der Waals surface area contributed by atoms with Crippen LogP contribution in [0.4, 0.5) is 5.69 Å². The lowest BCUT2D eigenvalue weighted by molar-refractivity contribution is -0.113. The molecule has 0 atom stereocenters. The maximum Gasteiger partial charge on any atom is 0.234 e. The summed E-state index contributed by atoms with van der Waals surface area (Å²) in [5.74, 6) is 0.923. The molecular weight excluding hydrogens is 326 g/mol. The molecule has 0 spiro atoms. The van der Waals surface area contributed by atoms with Gasteiger partial charge in [-0.1, -0.05) is 17.8 Å². The molecule has 0 aliphatic carbocycles. The molecule has 0 saturated heterocycles. The van der Waals surface area contributed by atoms with E-state index in [4.69, 9.17) is 9.47 Å². The number of benzene rings is 1. The first-order valence-electron chi connectivity index (χ1n) is 7.64. The van der Waals surface area contributed by atoms with Crippen molar-refractivity contribution in [3.63, 3.8) is 0 Å². The zero-order chi connectivity index (χ0) is 17.5. The number of anilines is 1. The van der Waals surface area contributed by atoms with Crippen molar-refractivity contribution < 1.29 is 14.3 Å². The van der Waals surface area contributed by atoms with E-state index in [2.05, 4.69) is 14.9 Å². The first-order valence-corrected chi connectivity index (χ1v) is 8.63. The van der Waals surface area contributed by atoms with Crippen molar-refractivity contribution in [1.29, 1.82) is 0 Å². The Bertz CT molecular complexity index is 700. The quantitative estimate of drug-likeness (QED) is 0.743. The molecule has 0 aliphatic rings. The van der Waals surface area contributed by atoms with Gasteiger partial charge in [0.05, 0.1) is 25.2 Å². The van der Waals surface area contributed by atoms with Gasteiger partial charge in [0.2, 0.25) is 5.91 Å². The van der Waals surface area contributed by atoms with Crippen molar-refractivity contribution >= 4 is 23.4 Å². The number of aryl methyl sites for hydroxylation is 1. The summed E-state index contributed by atoms with van der Waals surface area (Å²) in [5, 5.41) is 3.71. The molecule has 2 aromatic rings. The van der Waals surface area contributed by atoms with Crippen LogP contribution in [0.3, 0.4) is 0 Å². The van der Waals surface area contributed by atoms with Crippen LogP contribution in [0, 0.1) is 13.8 Å². The number of carbonyl (C=O) groups is 1. The Morgan fingerprint density at radius 3 is 2.83 bits per heavy atom. The molecule has 0 aliphatic heterocycles. The second-order valence-corrected chi connectivity index (χ2v) is 6.22. The van der Waals surface area contributed by atoms with Gasteiger partial charge in [-0.25, -0.2) is 4.98 Å². The second kappa shape index (κ2) is 8.75. The van der Waals surface area contributed by atoms with E-state index in [1.807, 2.05) is 32.0 Å². The molecule has 6 nitrogen and oxygen atoms in total. The van der Waals surface area contributed by atoms with Gasteiger partial charge in [0.1, 0.15) is 5.75 Å². The van der Waals surface area contributed by atoms with E-state index >= 15 is 0 Å². The minimum Gasteiger partial charge on any atom is -0.497 e. The van der Waals surface area contributed by atoms with E-state index in [1.54, 1.807) is 20.3 Å². The number of hydrogen-bond donors (Lipinski definition) is 1. The summed E-state index contributed by atoms with van der Waals surface area (Å²) in [4.78, 5) is 16.7. The fourth-order valence-corrected chi connectivity index (χ4v) is 3.13. The Kier molecular flexibility index (Phi) is 6.69. The van der Waals surface area contributed by atoms with Crippen molar-refractivity contribution in [2.75, 3.05) is 31.9 Å². The second-order valence-electron chi connectivity index (χ2n) is 5.28. The molecule has 1 aromatic carbocycles. The molecule has 0 fully saturated rings. The topological polar surface area (TPSA) is 65.4 Å². The maximum absolute atomic E-state index is 12.2. The summed E-state index contributed by atoms with van der Waals surface area (Å²) in [6.07, 6.45) is 0. The number of aromatic nitrogens is 2. The van der Waals surface area contributed by atoms with Crippen LogP contribution in [0.1, 0.15) is 11.4 Å². The molecule has 0 unspecified atom stereocenters. The first-order chi connectivity index (χ1) is 11.5. The Morgan fingerprint density at radius 1 is 1.33 bits per heavy atom. The summed E-state index contributed by atoms with van der Waals surface area (Å²) in [6, 6.07) is 7.30. The minimum atomic E-state index is -0.0788. The van der Waals surface area contributed by atoms with Crippen molar-refractivity contribution in [2.24, 2.45) is 0 Å². The average molecular weight is 349 g/mol. The zero-order valence-electron chi connectivity index (χ0n) is 14.5. The van der Waals surface area contributed by atoms with Crippen molar-refractivity contribution in [2.45, 2.75) is 25.5 Å². The normalized spacial score (nSPS) is 10.7. The van der Waals surface area contributed by atoms with E-state index in [-0.39, 0.29) is 5.91 Å². The Balaban J connectivity index is 1.97. The molecule has 1 amide bonds. The molecule has 1 N–H and O–H groups in total. The third-order valence-electron chi connectivity index (χ3n) is 3.63. The predicted octanol–water partition coefficient (Wildman–Crippen LogP) is 2.89. The maximum atomic E-state index is 12.2. The molecule has 7 heteroatoms.